The smallest absolute Gasteiger partial charge is 0.220 e. The Labute approximate surface area is 162 Å². The Morgan fingerprint density at radius 1 is 1.07 bits per heavy atom. The van der Waals surface area contributed by atoms with Gasteiger partial charge in [0.2, 0.25) is 5.91 Å². The molecule has 2 rings (SSSR count). The fourth-order valence-corrected chi connectivity index (χ4v) is 3.55. The molecule has 6 heteroatoms. The van der Waals surface area contributed by atoms with E-state index in [0.29, 0.717) is 17.1 Å². The summed E-state index contributed by atoms with van der Waals surface area (Å²) in [6, 6.07) is 5.07. The largest absolute Gasteiger partial charge is 0.497 e. The first-order valence-corrected chi connectivity index (χ1v) is 9.63. The Bertz CT molecular complexity index is 652. The number of hydrogen-bond donors (Lipinski definition) is 1. The van der Waals surface area contributed by atoms with Crippen LogP contribution in [0.25, 0.3) is 0 Å². The van der Waals surface area contributed by atoms with Crippen LogP contribution in [0.5, 0.6) is 11.5 Å². The normalized spacial score (nSPS) is 15.3. The van der Waals surface area contributed by atoms with Crippen LogP contribution >= 0.6 is 0 Å². The number of piperidine rings is 1. The lowest BCUT2D eigenvalue weighted by Gasteiger charge is -2.35. The SMILES string of the molecule is COc1ccc(C(=O)CCC(=O)NC(C)(C)CN2CCCCC2)c(OC)c1. The fraction of sp³-hybridized carbons (Fsp3) is 0.619. The van der Waals surface area contributed by atoms with Gasteiger partial charge in [-0.25, -0.2) is 0 Å². The van der Waals surface area contributed by atoms with Gasteiger partial charge in [-0.15, -0.1) is 0 Å². The number of ketones is 1. The summed E-state index contributed by atoms with van der Waals surface area (Å²) in [6.45, 7) is 7.09. The third-order valence-corrected chi connectivity index (χ3v) is 4.83. The van der Waals surface area contributed by atoms with Gasteiger partial charge in [-0.1, -0.05) is 6.42 Å². The van der Waals surface area contributed by atoms with Crippen LogP contribution in [0, 0.1) is 0 Å². The van der Waals surface area contributed by atoms with Crippen LogP contribution in [0.15, 0.2) is 18.2 Å². The maximum atomic E-state index is 12.5. The zero-order chi connectivity index (χ0) is 19.9. The highest BCUT2D eigenvalue weighted by molar-refractivity contribution is 6.00. The van der Waals surface area contributed by atoms with Crippen molar-refractivity contribution in [3.05, 3.63) is 23.8 Å². The van der Waals surface area contributed by atoms with Gasteiger partial charge in [0, 0.05) is 31.0 Å². The summed E-state index contributed by atoms with van der Waals surface area (Å²) < 4.78 is 10.4. The van der Waals surface area contributed by atoms with Gasteiger partial charge in [0.1, 0.15) is 11.5 Å². The fourth-order valence-electron chi connectivity index (χ4n) is 3.55. The molecule has 0 aromatic heterocycles. The maximum absolute atomic E-state index is 12.5. The number of likely N-dealkylation sites (tertiary alicyclic amines) is 1. The van der Waals surface area contributed by atoms with Gasteiger partial charge in [-0.05, 0) is 51.9 Å². The quantitative estimate of drug-likeness (QED) is 0.671. The van der Waals surface area contributed by atoms with Crippen molar-refractivity contribution in [2.24, 2.45) is 0 Å². The Morgan fingerprint density at radius 2 is 1.78 bits per heavy atom. The predicted molar refractivity (Wildman–Crippen MR) is 106 cm³/mol. The van der Waals surface area contributed by atoms with Crippen molar-refractivity contribution in [1.29, 1.82) is 0 Å². The van der Waals surface area contributed by atoms with Gasteiger partial charge < -0.3 is 19.7 Å². The number of nitrogens with one attached hydrogen (secondary N) is 1. The van der Waals surface area contributed by atoms with Crippen molar-refractivity contribution in [2.75, 3.05) is 33.9 Å². The molecular weight excluding hydrogens is 344 g/mol. The van der Waals surface area contributed by atoms with E-state index in [4.69, 9.17) is 9.47 Å². The van der Waals surface area contributed by atoms with Crippen molar-refractivity contribution in [3.63, 3.8) is 0 Å². The molecule has 1 N–H and O–H groups in total. The Balaban J connectivity index is 1.86. The minimum Gasteiger partial charge on any atom is -0.497 e. The van der Waals surface area contributed by atoms with E-state index >= 15 is 0 Å². The maximum Gasteiger partial charge on any atom is 0.220 e. The molecule has 0 radical (unpaired) electrons. The van der Waals surface area contributed by atoms with Crippen LogP contribution in [0.1, 0.15) is 56.3 Å². The van der Waals surface area contributed by atoms with E-state index in [-0.39, 0.29) is 30.1 Å². The van der Waals surface area contributed by atoms with Crippen molar-refractivity contribution in [3.8, 4) is 11.5 Å². The lowest BCUT2D eigenvalue weighted by Crippen LogP contribution is -2.52. The van der Waals surface area contributed by atoms with Crippen molar-refractivity contribution in [1.82, 2.24) is 10.2 Å². The first kappa shape index (κ1) is 21.2. The third-order valence-electron chi connectivity index (χ3n) is 4.83. The lowest BCUT2D eigenvalue weighted by molar-refractivity contribution is -0.122. The average molecular weight is 376 g/mol. The number of hydrogen-bond acceptors (Lipinski definition) is 5. The highest BCUT2D eigenvalue weighted by Crippen LogP contribution is 2.26. The highest BCUT2D eigenvalue weighted by Gasteiger charge is 2.25. The topological polar surface area (TPSA) is 67.9 Å². The molecule has 1 aliphatic heterocycles. The minimum absolute atomic E-state index is 0.0992. The Hall–Kier alpha value is -2.08. The minimum atomic E-state index is -0.310. The second-order valence-electron chi connectivity index (χ2n) is 7.76. The molecule has 27 heavy (non-hydrogen) atoms. The van der Waals surface area contributed by atoms with Crippen LogP contribution in [-0.4, -0.2) is 56.0 Å². The van der Waals surface area contributed by atoms with Crippen LogP contribution in [0.4, 0.5) is 0 Å². The van der Waals surface area contributed by atoms with E-state index in [1.54, 1.807) is 25.3 Å². The summed E-state index contributed by atoms with van der Waals surface area (Å²) in [5.41, 5.74) is 0.161. The number of Topliss-reactive ketones (excluding diaryl/α,β-unsaturated/α-hetero) is 1. The Kier molecular flexibility index (Phi) is 7.66. The standard InChI is InChI=1S/C21H32N2O4/c1-21(2,15-23-12-6-5-7-13-23)22-20(25)11-10-18(24)17-9-8-16(26-3)14-19(17)27-4/h8-9,14H,5-7,10-13,15H2,1-4H3,(H,22,25). The molecule has 0 saturated carbocycles. The van der Waals surface area contributed by atoms with Gasteiger partial charge in [-0.2, -0.15) is 0 Å². The second-order valence-corrected chi connectivity index (χ2v) is 7.76. The molecule has 1 saturated heterocycles. The van der Waals surface area contributed by atoms with Crippen LogP contribution in [0.2, 0.25) is 0 Å². The summed E-state index contributed by atoms with van der Waals surface area (Å²) >= 11 is 0. The molecule has 1 amide bonds. The molecule has 1 aromatic carbocycles. The molecule has 6 nitrogen and oxygen atoms in total. The summed E-state index contributed by atoms with van der Waals surface area (Å²) in [4.78, 5) is 27.3. The van der Waals surface area contributed by atoms with Crippen molar-refractivity contribution >= 4 is 11.7 Å². The molecular formula is C21H32N2O4. The van der Waals surface area contributed by atoms with E-state index < -0.39 is 0 Å². The highest BCUT2D eigenvalue weighted by atomic mass is 16.5. The zero-order valence-electron chi connectivity index (χ0n) is 17.0. The molecule has 0 aliphatic carbocycles. The van der Waals surface area contributed by atoms with Crippen LogP contribution in [-0.2, 0) is 4.79 Å². The van der Waals surface area contributed by atoms with Gasteiger partial charge in [-0.3, -0.25) is 9.59 Å². The molecule has 0 bridgehead atoms. The molecule has 0 atom stereocenters. The summed E-state index contributed by atoms with van der Waals surface area (Å²) in [7, 11) is 3.08. The third kappa shape index (κ3) is 6.54. The molecule has 0 unspecified atom stereocenters. The van der Waals surface area contributed by atoms with E-state index in [1.807, 2.05) is 13.8 Å². The number of rotatable bonds is 9. The number of amides is 1. The molecule has 150 valence electrons. The number of methoxy groups -OCH3 is 2. The molecule has 1 heterocycles. The average Bonchev–Trinajstić information content (AvgIpc) is 2.65. The predicted octanol–water partition coefficient (Wildman–Crippen LogP) is 3.05. The number of nitrogens with zero attached hydrogens (tertiary/aromatic N) is 1. The lowest BCUT2D eigenvalue weighted by atomic mass is 10.0. The van der Waals surface area contributed by atoms with Crippen LogP contribution < -0.4 is 14.8 Å². The van der Waals surface area contributed by atoms with Gasteiger partial charge in [0.05, 0.1) is 19.8 Å². The van der Waals surface area contributed by atoms with Gasteiger partial charge >= 0.3 is 0 Å². The van der Waals surface area contributed by atoms with E-state index in [9.17, 15) is 9.59 Å². The van der Waals surface area contributed by atoms with Crippen molar-refractivity contribution in [2.45, 2.75) is 51.5 Å². The molecule has 1 fully saturated rings. The number of carbonyl (C=O) groups excluding carboxylic acids is 2. The Morgan fingerprint density at radius 3 is 2.41 bits per heavy atom. The van der Waals surface area contributed by atoms with E-state index in [0.717, 1.165) is 19.6 Å². The monoisotopic (exact) mass is 376 g/mol. The molecule has 1 aromatic rings. The summed E-state index contributed by atoms with van der Waals surface area (Å²) in [5.74, 6) is 0.877. The van der Waals surface area contributed by atoms with Crippen molar-refractivity contribution < 1.29 is 19.1 Å². The van der Waals surface area contributed by atoms with Crippen LogP contribution in [0.3, 0.4) is 0 Å². The van der Waals surface area contributed by atoms with E-state index in [2.05, 4.69) is 10.2 Å². The van der Waals surface area contributed by atoms with Gasteiger partial charge in [0.25, 0.3) is 0 Å². The number of ether oxygens (including phenoxy) is 2. The van der Waals surface area contributed by atoms with E-state index in [1.165, 1.54) is 26.4 Å². The zero-order valence-corrected chi connectivity index (χ0v) is 17.0. The first-order chi connectivity index (χ1) is 12.8. The summed E-state index contributed by atoms with van der Waals surface area (Å²) in [5, 5.41) is 3.07. The molecule has 0 spiro atoms. The van der Waals surface area contributed by atoms with Gasteiger partial charge in [0.15, 0.2) is 5.78 Å². The first-order valence-electron chi connectivity index (χ1n) is 9.63. The second kappa shape index (κ2) is 9.74. The number of carbonyl (C=O) groups is 2. The number of benzene rings is 1. The molecule has 1 aliphatic rings. The summed E-state index contributed by atoms with van der Waals surface area (Å²) in [6.07, 6.45) is 4.05.